The molecule has 1 fully saturated rings. The van der Waals surface area contributed by atoms with Crippen molar-refractivity contribution in [1.29, 1.82) is 0 Å². The zero-order valence-corrected chi connectivity index (χ0v) is 12.8. The SMILES string of the molecule is Cc1cn(C2CC2)c(NC(C)c2cc(C)sc2C)n1. The molecule has 0 amide bonds. The molecular weight excluding hydrogens is 254 g/mol. The van der Waals surface area contributed by atoms with Crippen molar-refractivity contribution in [2.45, 2.75) is 52.6 Å². The molecule has 19 heavy (non-hydrogen) atoms. The van der Waals surface area contributed by atoms with Gasteiger partial charge in [-0.05, 0) is 52.2 Å². The Morgan fingerprint density at radius 1 is 1.37 bits per heavy atom. The minimum Gasteiger partial charge on any atom is -0.349 e. The molecular formula is C15H21N3S. The average Bonchev–Trinajstić information content (AvgIpc) is 3.03. The first kappa shape index (κ1) is 12.7. The third-order valence-electron chi connectivity index (χ3n) is 3.68. The van der Waals surface area contributed by atoms with Crippen molar-refractivity contribution in [3.05, 3.63) is 33.3 Å². The molecule has 0 radical (unpaired) electrons. The van der Waals surface area contributed by atoms with Gasteiger partial charge in [0.05, 0.1) is 11.7 Å². The van der Waals surface area contributed by atoms with E-state index in [1.807, 2.05) is 11.3 Å². The minimum absolute atomic E-state index is 0.309. The number of rotatable bonds is 4. The lowest BCUT2D eigenvalue weighted by molar-refractivity contribution is 0.727. The van der Waals surface area contributed by atoms with E-state index in [-0.39, 0.29) is 0 Å². The molecule has 0 aliphatic heterocycles. The molecule has 0 bridgehead atoms. The molecule has 1 atom stereocenters. The highest BCUT2D eigenvalue weighted by molar-refractivity contribution is 7.12. The van der Waals surface area contributed by atoms with Crippen LogP contribution < -0.4 is 5.32 Å². The summed E-state index contributed by atoms with van der Waals surface area (Å²) in [5, 5.41) is 3.58. The van der Waals surface area contributed by atoms with Gasteiger partial charge in [0, 0.05) is 22.0 Å². The predicted molar refractivity (Wildman–Crippen MR) is 81.1 cm³/mol. The van der Waals surface area contributed by atoms with Gasteiger partial charge in [0.1, 0.15) is 0 Å². The molecule has 0 saturated heterocycles. The molecule has 2 aromatic rings. The van der Waals surface area contributed by atoms with Crippen LogP contribution in [0.25, 0.3) is 0 Å². The molecule has 1 unspecified atom stereocenters. The van der Waals surface area contributed by atoms with Crippen LogP contribution in [0.2, 0.25) is 0 Å². The highest BCUT2D eigenvalue weighted by Crippen LogP contribution is 2.38. The molecule has 1 saturated carbocycles. The van der Waals surface area contributed by atoms with Crippen LogP contribution in [0.3, 0.4) is 0 Å². The van der Waals surface area contributed by atoms with Gasteiger partial charge in [-0.1, -0.05) is 0 Å². The number of imidazole rings is 1. The van der Waals surface area contributed by atoms with Crippen LogP contribution in [-0.2, 0) is 0 Å². The summed E-state index contributed by atoms with van der Waals surface area (Å²) in [7, 11) is 0. The van der Waals surface area contributed by atoms with Crippen LogP contribution in [-0.4, -0.2) is 9.55 Å². The molecule has 0 aromatic carbocycles. The number of aromatic nitrogens is 2. The van der Waals surface area contributed by atoms with Crippen molar-refractivity contribution < 1.29 is 0 Å². The van der Waals surface area contributed by atoms with Gasteiger partial charge in [-0.25, -0.2) is 4.98 Å². The third-order valence-corrected chi connectivity index (χ3v) is 4.67. The van der Waals surface area contributed by atoms with Crippen LogP contribution in [0.1, 0.15) is 52.9 Å². The lowest BCUT2D eigenvalue weighted by Gasteiger charge is -2.16. The molecule has 0 spiro atoms. The maximum absolute atomic E-state index is 4.63. The van der Waals surface area contributed by atoms with Crippen LogP contribution >= 0.6 is 11.3 Å². The lowest BCUT2D eigenvalue weighted by Crippen LogP contribution is -2.11. The summed E-state index contributed by atoms with van der Waals surface area (Å²) in [5.41, 5.74) is 2.49. The van der Waals surface area contributed by atoms with Gasteiger partial charge >= 0.3 is 0 Å². The van der Waals surface area contributed by atoms with Crippen LogP contribution in [0.15, 0.2) is 12.3 Å². The lowest BCUT2D eigenvalue weighted by atomic mass is 10.1. The van der Waals surface area contributed by atoms with Gasteiger partial charge in [0.2, 0.25) is 5.95 Å². The normalized spacial score (nSPS) is 16.6. The number of hydrogen-bond donors (Lipinski definition) is 1. The number of nitrogens with one attached hydrogen (secondary N) is 1. The number of anilines is 1. The van der Waals surface area contributed by atoms with Crippen LogP contribution in [0.5, 0.6) is 0 Å². The van der Waals surface area contributed by atoms with Gasteiger partial charge in [-0.15, -0.1) is 11.3 Å². The van der Waals surface area contributed by atoms with E-state index in [9.17, 15) is 0 Å². The fourth-order valence-corrected chi connectivity index (χ4v) is 3.63. The second-order valence-electron chi connectivity index (χ2n) is 5.58. The molecule has 1 N–H and O–H groups in total. The first-order valence-corrected chi connectivity index (χ1v) is 7.75. The molecule has 3 nitrogen and oxygen atoms in total. The fraction of sp³-hybridized carbons (Fsp3) is 0.533. The molecule has 3 rings (SSSR count). The van der Waals surface area contributed by atoms with Crippen LogP contribution in [0, 0.1) is 20.8 Å². The van der Waals surface area contributed by atoms with E-state index in [1.165, 1.54) is 28.2 Å². The molecule has 4 heteroatoms. The van der Waals surface area contributed by atoms with E-state index in [2.05, 4.69) is 54.8 Å². The van der Waals surface area contributed by atoms with Crippen molar-refractivity contribution in [2.75, 3.05) is 5.32 Å². The van der Waals surface area contributed by atoms with Gasteiger partial charge in [-0.3, -0.25) is 0 Å². The summed E-state index contributed by atoms with van der Waals surface area (Å²) >= 11 is 1.87. The Labute approximate surface area is 118 Å². The Morgan fingerprint density at radius 2 is 2.11 bits per heavy atom. The summed E-state index contributed by atoms with van der Waals surface area (Å²) in [6.07, 6.45) is 4.74. The summed E-state index contributed by atoms with van der Waals surface area (Å²) in [4.78, 5) is 7.41. The standard InChI is InChI=1S/C15H21N3S/c1-9-8-18(13-5-6-13)15(16-9)17-11(3)14-7-10(2)19-12(14)4/h7-8,11,13H,5-6H2,1-4H3,(H,16,17). The summed E-state index contributed by atoms with van der Waals surface area (Å²) < 4.78 is 2.31. The number of nitrogens with zero attached hydrogens (tertiary/aromatic N) is 2. The van der Waals surface area contributed by atoms with Crippen molar-refractivity contribution in [2.24, 2.45) is 0 Å². The Hall–Kier alpha value is -1.29. The second kappa shape index (κ2) is 4.67. The molecule has 1 aliphatic carbocycles. The minimum atomic E-state index is 0.309. The summed E-state index contributed by atoms with van der Waals surface area (Å²) in [6.45, 7) is 8.65. The first-order chi connectivity index (χ1) is 9.04. The summed E-state index contributed by atoms with van der Waals surface area (Å²) in [6, 6.07) is 3.26. The van der Waals surface area contributed by atoms with Gasteiger partial charge in [-0.2, -0.15) is 0 Å². The van der Waals surface area contributed by atoms with E-state index in [4.69, 9.17) is 0 Å². The highest BCUT2D eigenvalue weighted by Gasteiger charge is 2.27. The van der Waals surface area contributed by atoms with Gasteiger partial charge < -0.3 is 9.88 Å². The molecule has 2 heterocycles. The van der Waals surface area contributed by atoms with E-state index < -0.39 is 0 Å². The third kappa shape index (κ3) is 2.54. The van der Waals surface area contributed by atoms with Crippen LogP contribution in [0.4, 0.5) is 5.95 Å². The average molecular weight is 275 g/mol. The van der Waals surface area contributed by atoms with E-state index in [1.54, 1.807) is 0 Å². The largest absolute Gasteiger partial charge is 0.349 e. The van der Waals surface area contributed by atoms with E-state index in [0.29, 0.717) is 12.1 Å². The topological polar surface area (TPSA) is 29.9 Å². The Kier molecular flexibility index (Phi) is 3.13. The predicted octanol–water partition coefficient (Wildman–Crippen LogP) is 4.38. The Bertz CT molecular complexity index is 593. The van der Waals surface area contributed by atoms with Crippen molar-refractivity contribution >= 4 is 17.3 Å². The molecule has 102 valence electrons. The second-order valence-corrected chi connectivity index (χ2v) is 7.04. The maximum Gasteiger partial charge on any atom is 0.203 e. The monoisotopic (exact) mass is 275 g/mol. The summed E-state index contributed by atoms with van der Waals surface area (Å²) in [5.74, 6) is 1.02. The smallest absolute Gasteiger partial charge is 0.203 e. The molecule has 2 aromatic heterocycles. The Balaban J connectivity index is 1.82. The quantitative estimate of drug-likeness (QED) is 0.897. The highest BCUT2D eigenvalue weighted by atomic mass is 32.1. The number of hydrogen-bond acceptors (Lipinski definition) is 3. The zero-order chi connectivity index (χ0) is 13.6. The van der Waals surface area contributed by atoms with E-state index >= 15 is 0 Å². The van der Waals surface area contributed by atoms with Crippen molar-refractivity contribution in [3.8, 4) is 0 Å². The zero-order valence-electron chi connectivity index (χ0n) is 12.0. The fourth-order valence-electron chi connectivity index (χ4n) is 2.61. The van der Waals surface area contributed by atoms with Gasteiger partial charge in [0.25, 0.3) is 0 Å². The molecule has 1 aliphatic rings. The van der Waals surface area contributed by atoms with Crippen molar-refractivity contribution in [1.82, 2.24) is 9.55 Å². The van der Waals surface area contributed by atoms with Crippen molar-refractivity contribution in [3.63, 3.8) is 0 Å². The first-order valence-electron chi connectivity index (χ1n) is 6.93. The number of thiophene rings is 1. The number of aryl methyl sites for hydroxylation is 3. The Morgan fingerprint density at radius 3 is 2.68 bits per heavy atom. The maximum atomic E-state index is 4.63. The van der Waals surface area contributed by atoms with E-state index in [0.717, 1.165) is 11.6 Å². The van der Waals surface area contributed by atoms with Gasteiger partial charge in [0.15, 0.2) is 0 Å².